The van der Waals surface area contributed by atoms with Crippen molar-refractivity contribution in [2.24, 2.45) is 0 Å². The lowest BCUT2D eigenvalue weighted by molar-refractivity contribution is 0.263. The number of nitrogens with zero attached hydrogens (tertiary/aromatic N) is 1. The third-order valence-electron chi connectivity index (χ3n) is 1.48. The van der Waals surface area contributed by atoms with Crippen LogP contribution in [0.5, 0.6) is 0 Å². The molecule has 0 bridgehead atoms. The van der Waals surface area contributed by atoms with Crippen molar-refractivity contribution in [1.82, 2.24) is 4.90 Å². The average Bonchev–Trinajstić information content (AvgIpc) is 1.81. The molecule has 0 aromatic heterocycles. The third kappa shape index (κ3) is 6.46. The van der Waals surface area contributed by atoms with E-state index in [9.17, 15) is 5.11 Å². The summed E-state index contributed by atoms with van der Waals surface area (Å²) < 4.78 is 0. The first-order chi connectivity index (χ1) is 5.72. The van der Waals surface area contributed by atoms with Gasteiger partial charge in [-0.05, 0) is 6.92 Å². The molecular weight excluding hydrogens is 178 g/mol. The Bertz CT molecular complexity index is 224. The Hall–Kier alpha value is -0.703. The largest absolute Gasteiger partial charge is 0.495 e. The fourth-order valence-electron chi connectivity index (χ4n) is 1.06. The van der Waals surface area contributed by atoms with Crippen molar-refractivity contribution in [3.63, 3.8) is 0 Å². The fourth-order valence-corrected chi connectivity index (χ4v) is 2.51. The molecule has 3 heteroatoms. The lowest BCUT2D eigenvalue weighted by Gasteiger charge is -2.13. The van der Waals surface area contributed by atoms with Gasteiger partial charge in [-0.2, -0.15) is 0 Å². The monoisotopic (exact) mass is 199 g/mol. The number of aliphatic hydroxyl groups is 1. The van der Waals surface area contributed by atoms with Gasteiger partial charge in [-0.15, -0.1) is 0 Å². The van der Waals surface area contributed by atoms with Crippen molar-refractivity contribution in [1.29, 1.82) is 0 Å². The Balaban J connectivity index is 4.55. The SMILES string of the molecule is CC(/C=C(\O)N(C)C)=C\[Si](C)(C)C. The molecule has 0 saturated carbocycles. The van der Waals surface area contributed by atoms with Crippen molar-refractivity contribution >= 4 is 8.07 Å². The lowest BCUT2D eigenvalue weighted by Crippen LogP contribution is -2.16. The van der Waals surface area contributed by atoms with Crippen LogP contribution < -0.4 is 0 Å². The van der Waals surface area contributed by atoms with E-state index in [0.717, 1.165) is 5.57 Å². The Kier molecular flexibility index (Phi) is 4.27. The second-order valence-electron chi connectivity index (χ2n) is 4.65. The first-order valence-corrected chi connectivity index (χ1v) is 8.07. The summed E-state index contributed by atoms with van der Waals surface area (Å²) in [7, 11) is 2.50. The molecular formula is C10H21NOSi. The Labute approximate surface area is 82.6 Å². The summed E-state index contributed by atoms with van der Waals surface area (Å²) in [6, 6.07) is 0. The minimum Gasteiger partial charge on any atom is -0.495 e. The zero-order chi connectivity index (χ0) is 10.6. The van der Waals surface area contributed by atoms with Crippen molar-refractivity contribution in [3.8, 4) is 0 Å². The number of hydrogen-bond donors (Lipinski definition) is 1. The molecule has 0 spiro atoms. The van der Waals surface area contributed by atoms with Crippen LogP contribution in [0.25, 0.3) is 0 Å². The molecule has 0 aromatic carbocycles. The van der Waals surface area contributed by atoms with Crippen molar-refractivity contribution in [2.45, 2.75) is 26.6 Å². The molecule has 0 aliphatic carbocycles. The van der Waals surface area contributed by atoms with E-state index in [1.165, 1.54) is 0 Å². The summed E-state index contributed by atoms with van der Waals surface area (Å²) in [5.41, 5.74) is 3.41. The van der Waals surface area contributed by atoms with Gasteiger partial charge < -0.3 is 10.0 Å². The highest BCUT2D eigenvalue weighted by atomic mass is 28.3. The molecule has 0 unspecified atom stereocenters. The van der Waals surface area contributed by atoms with E-state index in [1.807, 2.05) is 21.0 Å². The van der Waals surface area contributed by atoms with Crippen LogP contribution in [0, 0.1) is 0 Å². The number of hydrogen-bond acceptors (Lipinski definition) is 2. The molecule has 0 heterocycles. The summed E-state index contributed by atoms with van der Waals surface area (Å²) in [5.74, 6) is 0.312. The maximum absolute atomic E-state index is 9.46. The highest BCUT2D eigenvalue weighted by molar-refractivity contribution is 6.81. The lowest BCUT2D eigenvalue weighted by atomic mass is 10.3. The molecule has 76 valence electrons. The van der Waals surface area contributed by atoms with Gasteiger partial charge in [-0.3, -0.25) is 0 Å². The minimum absolute atomic E-state index is 0.312. The van der Waals surface area contributed by atoms with Gasteiger partial charge in [0.25, 0.3) is 0 Å². The Morgan fingerprint density at radius 2 is 1.69 bits per heavy atom. The summed E-state index contributed by atoms with van der Waals surface area (Å²) in [5, 5.41) is 9.46. The van der Waals surface area contributed by atoms with Gasteiger partial charge in [0.05, 0.1) is 8.07 Å². The van der Waals surface area contributed by atoms with Crippen LogP contribution in [0.1, 0.15) is 6.92 Å². The van der Waals surface area contributed by atoms with Gasteiger partial charge >= 0.3 is 0 Å². The highest BCUT2D eigenvalue weighted by Crippen LogP contribution is 2.09. The smallest absolute Gasteiger partial charge is 0.186 e. The maximum Gasteiger partial charge on any atom is 0.186 e. The molecule has 0 radical (unpaired) electrons. The normalized spacial score (nSPS) is 14.6. The van der Waals surface area contributed by atoms with Gasteiger partial charge in [0.15, 0.2) is 5.88 Å². The van der Waals surface area contributed by atoms with Crippen LogP contribution in [0.4, 0.5) is 0 Å². The predicted octanol–water partition coefficient (Wildman–Crippen LogP) is 2.77. The summed E-state index contributed by atoms with van der Waals surface area (Å²) in [4.78, 5) is 1.70. The maximum atomic E-state index is 9.46. The second kappa shape index (κ2) is 4.51. The first kappa shape index (κ1) is 12.3. The molecule has 13 heavy (non-hydrogen) atoms. The zero-order valence-electron chi connectivity index (χ0n) is 9.55. The summed E-state index contributed by atoms with van der Waals surface area (Å²) in [6.07, 6.45) is 1.80. The number of rotatable bonds is 3. The summed E-state index contributed by atoms with van der Waals surface area (Å²) in [6.45, 7) is 8.85. The van der Waals surface area contributed by atoms with E-state index >= 15 is 0 Å². The number of allylic oxidation sites excluding steroid dienone is 2. The van der Waals surface area contributed by atoms with Crippen molar-refractivity contribution in [3.05, 3.63) is 23.2 Å². The molecule has 0 rings (SSSR count). The molecule has 0 amide bonds. The molecule has 0 saturated heterocycles. The molecule has 1 N–H and O–H groups in total. The van der Waals surface area contributed by atoms with Crippen LogP contribution in [0.2, 0.25) is 19.6 Å². The van der Waals surface area contributed by atoms with Gasteiger partial charge in [-0.1, -0.05) is 30.9 Å². The van der Waals surface area contributed by atoms with Gasteiger partial charge in [-0.25, -0.2) is 0 Å². The van der Waals surface area contributed by atoms with Crippen molar-refractivity contribution in [2.75, 3.05) is 14.1 Å². The quantitative estimate of drug-likeness (QED) is 0.429. The Morgan fingerprint density at radius 1 is 1.23 bits per heavy atom. The van der Waals surface area contributed by atoms with Crippen molar-refractivity contribution < 1.29 is 5.11 Å². The fraction of sp³-hybridized carbons (Fsp3) is 0.600. The summed E-state index contributed by atoms with van der Waals surface area (Å²) >= 11 is 0. The van der Waals surface area contributed by atoms with Gasteiger partial charge in [0, 0.05) is 20.2 Å². The minimum atomic E-state index is -1.16. The van der Waals surface area contributed by atoms with E-state index < -0.39 is 8.07 Å². The second-order valence-corrected chi connectivity index (χ2v) is 9.67. The van der Waals surface area contributed by atoms with E-state index in [2.05, 4.69) is 25.3 Å². The third-order valence-corrected chi connectivity index (χ3v) is 2.80. The van der Waals surface area contributed by atoms with Crippen LogP contribution in [-0.2, 0) is 0 Å². The van der Waals surface area contributed by atoms with E-state index in [4.69, 9.17) is 0 Å². The van der Waals surface area contributed by atoms with E-state index in [-0.39, 0.29) is 0 Å². The van der Waals surface area contributed by atoms with E-state index in [0.29, 0.717) is 5.88 Å². The predicted molar refractivity (Wildman–Crippen MR) is 61.5 cm³/mol. The zero-order valence-corrected chi connectivity index (χ0v) is 10.5. The standard InChI is InChI=1S/C10H21NOSi/c1-9(8-13(4,5)6)7-10(12)11(2)3/h7-8,12H,1-6H3/b9-8+,10-7-. The van der Waals surface area contributed by atoms with Crippen LogP contribution >= 0.6 is 0 Å². The topological polar surface area (TPSA) is 23.5 Å². The van der Waals surface area contributed by atoms with Crippen LogP contribution in [-0.4, -0.2) is 32.2 Å². The molecule has 0 aromatic rings. The van der Waals surface area contributed by atoms with Gasteiger partial charge in [0.2, 0.25) is 0 Å². The average molecular weight is 199 g/mol. The first-order valence-electron chi connectivity index (χ1n) is 4.50. The molecule has 0 aliphatic rings. The molecule has 0 aliphatic heterocycles. The van der Waals surface area contributed by atoms with Gasteiger partial charge in [0.1, 0.15) is 0 Å². The Morgan fingerprint density at radius 3 is 2.00 bits per heavy atom. The van der Waals surface area contributed by atoms with Crippen LogP contribution in [0.3, 0.4) is 0 Å². The molecule has 0 atom stereocenters. The van der Waals surface area contributed by atoms with E-state index in [1.54, 1.807) is 11.0 Å². The molecule has 2 nitrogen and oxygen atoms in total. The van der Waals surface area contributed by atoms with Crippen LogP contribution in [0.15, 0.2) is 23.2 Å². The number of aliphatic hydroxyl groups excluding tert-OH is 1. The highest BCUT2D eigenvalue weighted by Gasteiger charge is 2.08. The molecule has 0 fully saturated rings.